The molecule has 2 N–H and O–H groups in total. The summed E-state index contributed by atoms with van der Waals surface area (Å²) < 4.78 is 0. The fourth-order valence-electron chi connectivity index (χ4n) is 4.85. The maximum absolute atomic E-state index is 13.2. The van der Waals surface area contributed by atoms with Gasteiger partial charge < -0.3 is 5.32 Å². The summed E-state index contributed by atoms with van der Waals surface area (Å²) in [5, 5.41) is 5.75. The lowest BCUT2D eigenvalue weighted by atomic mass is 9.83. The van der Waals surface area contributed by atoms with E-state index in [1.807, 2.05) is 6.07 Å². The van der Waals surface area contributed by atoms with E-state index in [4.69, 9.17) is 0 Å². The van der Waals surface area contributed by atoms with Crippen LogP contribution in [0.25, 0.3) is 0 Å². The Morgan fingerprint density at radius 3 is 2.64 bits per heavy atom. The predicted octanol–water partition coefficient (Wildman–Crippen LogP) is 0.0240. The van der Waals surface area contributed by atoms with Gasteiger partial charge in [-0.05, 0) is 30.9 Å². The molecule has 4 amide bonds. The highest BCUT2D eigenvalue weighted by Crippen LogP contribution is 2.33. The Morgan fingerprint density at radius 1 is 1.04 bits per heavy atom. The van der Waals surface area contributed by atoms with Crippen molar-refractivity contribution in [2.75, 3.05) is 13.1 Å². The Kier molecular flexibility index (Phi) is 4.06. The molecule has 4 aliphatic rings. The van der Waals surface area contributed by atoms with E-state index in [0.29, 0.717) is 29.8 Å². The van der Waals surface area contributed by atoms with Gasteiger partial charge in [0.1, 0.15) is 6.04 Å². The molecule has 8 nitrogen and oxygen atoms in total. The van der Waals surface area contributed by atoms with Gasteiger partial charge in [-0.2, -0.15) is 0 Å². The number of piperazine rings is 1. The largest absolute Gasteiger partial charge is 0.311 e. The summed E-state index contributed by atoms with van der Waals surface area (Å²) in [4.78, 5) is 53.2. The molecule has 3 aliphatic heterocycles. The number of amides is 4. The monoisotopic (exact) mass is 382 g/mol. The number of nitrogens with one attached hydrogen (secondary N) is 2. The van der Waals surface area contributed by atoms with Crippen LogP contribution >= 0.6 is 0 Å². The van der Waals surface area contributed by atoms with Crippen LogP contribution in [0, 0.1) is 0 Å². The Morgan fingerprint density at radius 2 is 1.89 bits per heavy atom. The molecule has 3 atom stereocenters. The Labute approximate surface area is 162 Å². The van der Waals surface area contributed by atoms with Crippen LogP contribution in [0.4, 0.5) is 0 Å². The van der Waals surface area contributed by atoms with E-state index < -0.39 is 23.8 Å². The van der Waals surface area contributed by atoms with Crippen LogP contribution in [0.3, 0.4) is 0 Å². The number of piperidine rings is 1. The van der Waals surface area contributed by atoms with Gasteiger partial charge in [0.25, 0.3) is 11.8 Å². The number of hydrogen-bond donors (Lipinski definition) is 2. The lowest BCUT2D eigenvalue weighted by Gasteiger charge is -2.49. The Hall–Kier alpha value is -2.58. The summed E-state index contributed by atoms with van der Waals surface area (Å²) in [5.41, 5.74) is 1.59. The van der Waals surface area contributed by atoms with Crippen molar-refractivity contribution < 1.29 is 19.2 Å². The second-order valence-electron chi connectivity index (χ2n) is 7.96. The van der Waals surface area contributed by atoms with Crippen molar-refractivity contribution >= 4 is 23.6 Å². The zero-order chi connectivity index (χ0) is 19.4. The van der Waals surface area contributed by atoms with E-state index in [9.17, 15) is 19.2 Å². The third kappa shape index (κ3) is 2.59. The number of rotatable bonds is 3. The van der Waals surface area contributed by atoms with Gasteiger partial charge in [0.2, 0.25) is 11.8 Å². The molecule has 3 heterocycles. The van der Waals surface area contributed by atoms with Gasteiger partial charge in [-0.25, -0.2) is 0 Å². The highest BCUT2D eigenvalue weighted by atomic mass is 16.2. The molecule has 1 aromatic rings. The van der Waals surface area contributed by atoms with Crippen LogP contribution in [0.15, 0.2) is 18.2 Å². The lowest BCUT2D eigenvalue weighted by Crippen LogP contribution is -2.62. The molecule has 0 radical (unpaired) electrons. The summed E-state index contributed by atoms with van der Waals surface area (Å²) >= 11 is 0. The average Bonchev–Trinajstić information content (AvgIpc) is 2.89. The summed E-state index contributed by atoms with van der Waals surface area (Å²) in [5.74, 6) is -1.82. The minimum absolute atomic E-state index is 0.126. The Bertz CT molecular complexity index is 898. The SMILES string of the molecule is O=C1CCC(N2C(=O)c3cccc(CN4CCNC5CCC54)c3C2=O)C(=O)N1. The molecule has 1 saturated carbocycles. The molecule has 1 aromatic carbocycles. The quantitative estimate of drug-likeness (QED) is 0.716. The van der Waals surface area contributed by atoms with Gasteiger partial charge in [0.05, 0.1) is 11.1 Å². The standard InChI is InChI=1S/C20H22N4O4/c25-16-7-6-15(18(26)22-16)24-19(27)12-3-1-2-11(17(12)20(24)28)10-23-9-8-21-13-4-5-14(13)23/h1-3,13-15,21H,4-10H2,(H,22,25,26). The molecule has 146 valence electrons. The fourth-order valence-corrected chi connectivity index (χ4v) is 4.85. The summed E-state index contributed by atoms with van der Waals surface area (Å²) in [6.07, 6.45) is 2.62. The number of carbonyl (C=O) groups excluding carboxylic acids is 4. The van der Waals surface area contributed by atoms with Gasteiger partial charge in [-0.1, -0.05) is 12.1 Å². The molecular formula is C20H22N4O4. The maximum Gasteiger partial charge on any atom is 0.262 e. The van der Waals surface area contributed by atoms with Crippen molar-refractivity contribution in [2.24, 2.45) is 0 Å². The predicted molar refractivity (Wildman–Crippen MR) is 98.3 cm³/mol. The average molecular weight is 382 g/mol. The van der Waals surface area contributed by atoms with E-state index in [0.717, 1.165) is 30.0 Å². The number of imide groups is 2. The number of nitrogens with zero attached hydrogens (tertiary/aromatic N) is 2. The maximum atomic E-state index is 13.2. The zero-order valence-electron chi connectivity index (χ0n) is 15.4. The molecule has 1 aliphatic carbocycles. The van der Waals surface area contributed by atoms with Crippen LogP contribution in [-0.4, -0.2) is 64.6 Å². The topological polar surface area (TPSA) is 98.8 Å². The molecule has 0 aromatic heterocycles. The van der Waals surface area contributed by atoms with Crippen LogP contribution in [-0.2, 0) is 16.1 Å². The smallest absolute Gasteiger partial charge is 0.262 e. The van der Waals surface area contributed by atoms with Crippen LogP contribution in [0.2, 0.25) is 0 Å². The second-order valence-corrected chi connectivity index (χ2v) is 7.96. The number of hydrogen-bond acceptors (Lipinski definition) is 6. The van der Waals surface area contributed by atoms with Gasteiger partial charge in [-0.3, -0.25) is 34.3 Å². The molecular weight excluding hydrogens is 360 g/mol. The second kappa shape index (κ2) is 6.49. The van der Waals surface area contributed by atoms with Gasteiger partial charge in [0.15, 0.2) is 0 Å². The molecule has 3 fully saturated rings. The molecule has 2 saturated heterocycles. The van der Waals surface area contributed by atoms with E-state index >= 15 is 0 Å². The first kappa shape index (κ1) is 17.5. The number of carbonyl (C=O) groups is 4. The molecule has 5 rings (SSSR count). The summed E-state index contributed by atoms with van der Waals surface area (Å²) in [6, 6.07) is 5.41. The van der Waals surface area contributed by atoms with Crippen LogP contribution in [0.5, 0.6) is 0 Å². The first-order valence-corrected chi connectivity index (χ1v) is 9.85. The molecule has 3 unspecified atom stereocenters. The minimum atomic E-state index is -0.923. The van der Waals surface area contributed by atoms with E-state index in [-0.39, 0.29) is 18.7 Å². The minimum Gasteiger partial charge on any atom is -0.311 e. The van der Waals surface area contributed by atoms with Gasteiger partial charge in [0, 0.05) is 38.1 Å². The normalized spacial score (nSPS) is 30.0. The van der Waals surface area contributed by atoms with E-state index in [1.165, 1.54) is 6.42 Å². The van der Waals surface area contributed by atoms with E-state index in [2.05, 4.69) is 15.5 Å². The van der Waals surface area contributed by atoms with Crippen molar-refractivity contribution in [1.29, 1.82) is 0 Å². The van der Waals surface area contributed by atoms with Crippen molar-refractivity contribution in [3.8, 4) is 0 Å². The highest BCUT2D eigenvalue weighted by Gasteiger charge is 2.46. The number of fused-ring (bicyclic) bond motifs is 2. The highest BCUT2D eigenvalue weighted by molar-refractivity contribution is 6.24. The van der Waals surface area contributed by atoms with Crippen LogP contribution < -0.4 is 10.6 Å². The van der Waals surface area contributed by atoms with Gasteiger partial charge >= 0.3 is 0 Å². The van der Waals surface area contributed by atoms with E-state index in [1.54, 1.807) is 12.1 Å². The Balaban J connectivity index is 1.43. The number of benzene rings is 1. The molecule has 0 spiro atoms. The fraction of sp³-hybridized carbons (Fsp3) is 0.500. The molecule has 28 heavy (non-hydrogen) atoms. The molecule has 8 heteroatoms. The van der Waals surface area contributed by atoms with Crippen molar-refractivity contribution in [3.05, 3.63) is 34.9 Å². The zero-order valence-corrected chi connectivity index (χ0v) is 15.4. The van der Waals surface area contributed by atoms with Crippen molar-refractivity contribution in [3.63, 3.8) is 0 Å². The van der Waals surface area contributed by atoms with Gasteiger partial charge in [-0.15, -0.1) is 0 Å². The third-order valence-corrected chi connectivity index (χ3v) is 6.44. The first-order chi connectivity index (χ1) is 13.5. The molecule has 0 bridgehead atoms. The lowest BCUT2D eigenvalue weighted by molar-refractivity contribution is -0.136. The summed E-state index contributed by atoms with van der Waals surface area (Å²) in [6.45, 7) is 2.45. The van der Waals surface area contributed by atoms with Crippen LogP contribution in [0.1, 0.15) is 52.0 Å². The summed E-state index contributed by atoms with van der Waals surface area (Å²) in [7, 11) is 0. The van der Waals surface area contributed by atoms with Crippen molar-refractivity contribution in [2.45, 2.75) is 50.4 Å². The first-order valence-electron chi connectivity index (χ1n) is 9.85. The van der Waals surface area contributed by atoms with Crippen molar-refractivity contribution in [1.82, 2.24) is 20.4 Å². The third-order valence-electron chi connectivity index (χ3n) is 6.44.